The van der Waals surface area contributed by atoms with Crippen LogP contribution in [0.3, 0.4) is 0 Å². The summed E-state index contributed by atoms with van der Waals surface area (Å²) < 4.78 is 1.73. The Morgan fingerprint density at radius 3 is 1.91 bits per heavy atom. The molecule has 0 aliphatic heterocycles. The van der Waals surface area contributed by atoms with E-state index in [4.69, 9.17) is 0 Å². The molecule has 0 radical (unpaired) electrons. The lowest BCUT2D eigenvalue weighted by Crippen LogP contribution is -2.48. The fourth-order valence-corrected chi connectivity index (χ4v) is 2.09. The fraction of sp³-hybridized carbons (Fsp3) is 0.375. The molecule has 0 fully saturated rings. The van der Waals surface area contributed by atoms with Crippen molar-refractivity contribution in [3.63, 3.8) is 0 Å². The number of rotatable bonds is 3. The minimum Gasteiger partial charge on any atom is -0.365 e. The van der Waals surface area contributed by atoms with Crippen LogP contribution in [0.1, 0.15) is 6.92 Å². The maximum Gasteiger partial charge on any atom is 0.211 e. The maximum atomic E-state index is 11.0. The Morgan fingerprint density at radius 2 is 1.82 bits per heavy atom. The van der Waals surface area contributed by atoms with Crippen molar-refractivity contribution in [3.8, 4) is 0 Å². The molecule has 0 aromatic heterocycles. The topological polar surface area (TPSA) is 20.3 Å². The molecule has 0 heterocycles. The first-order chi connectivity index (χ1) is 4.98. The summed E-state index contributed by atoms with van der Waals surface area (Å²) in [5.41, 5.74) is 3.67. The standard InChI is InChI=1S/C8H15NOSi/c1-6-11(5,7-2)9(4)8(3)10/h6-7H,1-2H2,3-5H3. The highest BCUT2D eigenvalue weighted by Gasteiger charge is 2.26. The minimum absolute atomic E-state index is 0.0685. The highest BCUT2D eigenvalue weighted by molar-refractivity contribution is 6.86. The number of hydrogen-bond acceptors (Lipinski definition) is 1. The second kappa shape index (κ2) is 3.53. The van der Waals surface area contributed by atoms with Gasteiger partial charge in [-0.25, -0.2) is 0 Å². The second-order valence-corrected chi connectivity index (χ2v) is 6.65. The van der Waals surface area contributed by atoms with Crippen LogP contribution in [-0.2, 0) is 4.79 Å². The molecule has 0 aromatic rings. The molecular formula is C8H15NOSi. The van der Waals surface area contributed by atoms with Gasteiger partial charge in [0.15, 0.2) is 0 Å². The Labute approximate surface area is 69.3 Å². The summed E-state index contributed by atoms with van der Waals surface area (Å²) in [5, 5.41) is 0. The molecule has 11 heavy (non-hydrogen) atoms. The first-order valence-corrected chi connectivity index (χ1v) is 6.09. The zero-order valence-corrected chi connectivity index (χ0v) is 8.42. The lowest BCUT2D eigenvalue weighted by Gasteiger charge is -2.30. The summed E-state index contributed by atoms with van der Waals surface area (Å²) in [6.45, 7) is 11.0. The van der Waals surface area contributed by atoms with Crippen LogP contribution in [0.4, 0.5) is 0 Å². The van der Waals surface area contributed by atoms with E-state index in [9.17, 15) is 4.79 Å². The van der Waals surface area contributed by atoms with Gasteiger partial charge in [0.1, 0.15) is 0 Å². The zero-order chi connectivity index (χ0) is 9.07. The van der Waals surface area contributed by atoms with E-state index in [2.05, 4.69) is 13.2 Å². The fourth-order valence-electron chi connectivity index (χ4n) is 0.696. The van der Waals surface area contributed by atoms with Crippen LogP contribution in [0.25, 0.3) is 0 Å². The largest absolute Gasteiger partial charge is 0.365 e. The lowest BCUT2D eigenvalue weighted by atomic mass is 10.7. The SMILES string of the molecule is C=C[Si](C)(C=C)N(C)C(C)=O. The average Bonchev–Trinajstić information content (AvgIpc) is 2.01. The van der Waals surface area contributed by atoms with Crippen LogP contribution in [-0.4, -0.2) is 25.8 Å². The zero-order valence-electron chi connectivity index (χ0n) is 7.42. The van der Waals surface area contributed by atoms with E-state index < -0.39 is 8.24 Å². The first-order valence-electron chi connectivity index (χ1n) is 3.49. The summed E-state index contributed by atoms with van der Waals surface area (Å²) in [4.78, 5) is 11.0. The van der Waals surface area contributed by atoms with Gasteiger partial charge in [-0.3, -0.25) is 4.79 Å². The number of amides is 1. The predicted molar refractivity (Wildman–Crippen MR) is 50.5 cm³/mol. The van der Waals surface area contributed by atoms with Crippen LogP contribution in [0.5, 0.6) is 0 Å². The number of carbonyl (C=O) groups is 1. The quantitative estimate of drug-likeness (QED) is 0.586. The molecule has 3 heteroatoms. The molecule has 0 aliphatic carbocycles. The highest BCUT2D eigenvalue weighted by Crippen LogP contribution is 2.09. The van der Waals surface area contributed by atoms with E-state index >= 15 is 0 Å². The van der Waals surface area contributed by atoms with Crippen molar-refractivity contribution in [2.75, 3.05) is 7.05 Å². The summed E-state index contributed by atoms with van der Waals surface area (Å²) in [7, 11) is -0.0626. The summed E-state index contributed by atoms with van der Waals surface area (Å²) in [6.07, 6.45) is 0. The Balaban J connectivity index is 4.62. The van der Waals surface area contributed by atoms with E-state index in [0.717, 1.165) is 0 Å². The Hall–Kier alpha value is -0.833. The molecule has 0 saturated carbocycles. The van der Waals surface area contributed by atoms with Gasteiger partial charge in [0.05, 0.1) is 0 Å². The number of hydrogen-bond donors (Lipinski definition) is 0. The normalized spacial score (nSPS) is 10.5. The van der Waals surface area contributed by atoms with Crippen LogP contribution >= 0.6 is 0 Å². The highest BCUT2D eigenvalue weighted by atomic mass is 28.3. The summed E-state index contributed by atoms with van der Waals surface area (Å²) >= 11 is 0. The molecule has 0 bridgehead atoms. The summed E-state index contributed by atoms with van der Waals surface area (Å²) in [6, 6.07) is 0. The average molecular weight is 169 g/mol. The van der Waals surface area contributed by atoms with Gasteiger partial charge in [0.25, 0.3) is 0 Å². The monoisotopic (exact) mass is 169 g/mol. The van der Waals surface area contributed by atoms with Crippen LogP contribution in [0, 0.1) is 0 Å². The molecule has 0 N–H and O–H groups in total. The third-order valence-electron chi connectivity index (χ3n) is 2.02. The molecule has 0 saturated heterocycles. The van der Waals surface area contributed by atoms with E-state index in [-0.39, 0.29) is 5.91 Å². The van der Waals surface area contributed by atoms with E-state index in [1.165, 1.54) is 0 Å². The van der Waals surface area contributed by atoms with Crippen molar-refractivity contribution in [1.82, 2.24) is 4.57 Å². The maximum absolute atomic E-state index is 11.0. The molecule has 0 aromatic carbocycles. The van der Waals surface area contributed by atoms with Gasteiger partial charge in [0, 0.05) is 14.0 Å². The van der Waals surface area contributed by atoms with Crippen molar-refractivity contribution in [1.29, 1.82) is 0 Å². The van der Waals surface area contributed by atoms with E-state index in [0.29, 0.717) is 0 Å². The molecule has 0 spiro atoms. The molecule has 62 valence electrons. The second-order valence-electron chi connectivity index (χ2n) is 2.71. The van der Waals surface area contributed by atoms with Gasteiger partial charge in [-0.05, 0) is 6.55 Å². The van der Waals surface area contributed by atoms with Crippen molar-refractivity contribution in [2.45, 2.75) is 13.5 Å². The van der Waals surface area contributed by atoms with Crippen LogP contribution < -0.4 is 0 Å². The van der Waals surface area contributed by atoms with Gasteiger partial charge in [-0.15, -0.1) is 13.2 Å². The van der Waals surface area contributed by atoms with Crippen LogP contribution in [0.2, 0.25) is 6.55 Å². The van der Waals surface area contributed by atoms with E-state index in [1.807, 2.05) is 17.9 Å². The summed E-state index contributed by atoms with van der Waals surface area (Å²) in [5.74, 6) is 0.0685. The number of nitrogens with zero attached hydrogens (tertiary/aromatic N) is 1. The van der Waals surface area contributed by atoms with Crippen LogP contribution in [0.15, 0.2) is 24.6 Å². The molecule has 2 nitrogen and oxygen atoms in total. The van der Waals surface area contributed by atoms with Crippen molar-refractivity contribution < 1.29 is 4.79 Å². The Kier molecular flexibility index (Phi) is 3.26. The van der Waals surface area contributed by atoms with Gasteiger partial charge in [0.2, 0.25) is 14.1 Å². The smallest absolute Gasteiger partial charge is 0.211 e. The van der Waals surface area contributed by atoms with Crippen molar-refractivity contribution in [3.05, 3.63) is 24.6 Å². The first kappa shape index (κ1) is 10.2. The Morgan fingerprint density at radius 1 is 1.45 bits per heavy atom. The molecule has 0 aliphatic rings. The van der Waals surface area contributed by atoms with Crippen molar-refractivity contribution >= 4 is 14.1 Å². The van der Waals surface area contributed by atoms with E-state index in [1.54, 1.807) is 18.5 Å². The number of carbonyl (C=O) groups excluding carboxylic acids is 1. The molecule has 0 unspecified atom stereocenters. The molecule has 1 amide bonds. The van der Waals surface area contributed by atoms with Gasteiger partial charge < -0.3 is 4.57 Å². The van der Waals surface area contributed by atoms with Gasteiger partial charge >= 0.3 is 0 Å². The molecule has 0 rings (SSSR count). The predicted octanol–water partition coefficient (Wildman–Crippen LogP) is 1.49. The third kappa shape index (κ3) is 2.05. The Bertz CT molecular complexity index is 181. The third-order valence-corrected chi connectivity index (χ3v) is 5.43. The molecule has 0 atom stereocenters. The minimum atomic E-state index is -1.85. The molecular weight excluding hydrogens is 154 g/mol. The lowest BCUT2D eigenvalue weighted by molar-refractivity contribution is -0.123. The van der Waals surface area contributed by atoms with Crippen molar-refractivity contribution in [2.24, 2.45) is 0 Å². The van der Waals surface area contributed by atoms with Gasteiger partial charge in [-0.1, -0.05) is 11.4 Å². The van der Waals surface area contributed by atoms with Gasteiger partial charge in [-0.2, -0.15) is 0 Å².